The molecule has 2 aromatic rings. The van der Waals surface area contributed by atoms with Gasteiger partial charge in [-0.25, -0.2) is 4.39 Å². The molecular weight excluding hydrogens is 384 g/mol. The number of nitrogens with two attached hydrogens (primary N) is 1. The van der Waals surface area contributed by atoms with Gasteiger partial charge >= 0.3 is 0 Å². The Bertz CT molecular complexity index is 680. The average molecular weight is 408 g/mol. The second-order valence-electron chi connectivity index (χ2n) is 5.83. The van der Waals surface area contributed by atoms with Gasteiger partial charge in [-0.15, -0.1) is 24.8 Å². The molecule has 10 heteroatoms. The minimum absolute atomic E-state index is 0. The molecule has 146 valence electrons. The number of ether oxygens (including phenoxy) is 1. The van der Waals surface area contributed by atoms with Crippen LogP contribution in [0, 0.1) is 5.82 Å². The molecular formula is C16H24Cl2FN5O2. The van der Waals surface area contributed by atoms with Gasteiger partial charge in [-0.2, -0.15) is 4.98 Å². The Morgan fingerprint density at radius 1 is 1.15 bits per heavy atom. The van der Waals surface area contributed by atoms with Crippen molar-refractivity contribution >= 4 is 24.8 Å². The van der Waals surface area contributed by atoms with E-state index in [-0.39, 0.29) is 42.9 Å². The quantitative estimate of drug-likeness (QED) is 0.781. The monoisotopic (exact) mass is 407 g/mol. The van der Waals surface area contributed by atoms with Crippen LogP contribution in [0.2, 0.25) is 0 Å². The predicted octanol–water partition coefficient (Wildman–Crippen LogP) is 1.84. The van der Waals surface area contributed by atoms with Gasteiger partial charge in [0.1, 0.15) is 0 Å². The summed E-state index contributed by atoms with van der Waals surface area (Å²) in [5.41, 5.74) is 6.42. The third kappa shape index (κ3) is 5.78. The molecule has 0 aliphatic carbocycles. The summed E-state index contributed by atoms with van der Waals surface area (Å²) in [4.78, 5) is 8.80. The zero-order chi connectivity index (χ0) is 16.9. The van der Waals surface area contributed by atoms with Crippen LogP contribution in [0.5, 0.6) is 5.75 Å². The van der Waals surface area contributed by atoms with E-state index in [0.717, 1.165) is 38.3 Å². The lowest BCUT2D eigenvalue weighted by molar-refractivity contribution is 0.119. The van der Waals surface area contributed by atoms with Gasteiger partial charge in [-0.1, -0.05) is 11.2 Å². The van der Waals surface area contributed by atoms with Gasteiger partial charge in [0.2, 0.25) is 5.89 Å². The van der Waals surface area contributed by atoms with Gasteiger partial charge in [0.05, 0.1) is 20.2 Å². The highest BCUT2D eigenvalue weighted by Gasteiger charge is 2.19. The van der Waals surface area contributed by atoms with Crippen molar-refractivity contribution in [2.75, 3.05) is 33.3 Å². The zero-order valence-corrected chi connectivity index (χ0v) is 16.2. The molecule has 0 unspecified atom stereocenters. The molecule has 2 heterocycles. The number of methoxy groups -OCH3 is 1. The predicted molar refractivity (Wildman–Crippen MR) is 100 cm³/mol. The van der Waals surface area contributed by atoms with Crippen LogP contribution in [-0.2, 0) is 19.6 Å². The van der Waals surface area contributed by atoms with Crippen LogP contribution in [-0.4, -0.2) is 53.2 Å². The van der Waals surface area contributed by atoms with Crippen molar-refractivity contribution in [1.82, 2.24) is 19.9 Å². The lowest BCUT2D eigenvalue weighted by Gasteiger charge is -2.34. The molecule has 0 spiro atoms. The molecule has 0 amide bonds. The van der Waals surface area contributed by atoms with E-state index in [9.17, 15) is 4.39 Å². The normalized spacial score (nSPS) is 15.2. The third-order valence-electron chi connectivity index (χ3n) is 4.14. The largest absolute Gasteiger partial charge is 0.494 e. The lowest BCUT2D eigenvalue weighted by atomic mass is 10.2. The number of benzene rings is 1. The first-order valence-electron chi connectivity index (χ1n) is 7.96. The van der Waals surface area contributed by atoms with Crippen LogP contribution in [0.3, 0.4) is 0 Å². The smallest absolute Gasteiger partial charge is 0.240 e. The summed E-state index contributed by atoms with van der Waals surface area (Å²) in [5, 5.41) is 3.92. The molecule has 0 atom stereocenters. The number of nitrogens with zero attached hydrogens (tertiary/aromatic N) is 4. The van der Waals surface area contributed by atoms with Crippen molar-refractivity contribution in [3.05, 3.63) is 41.3 Å². The van der Waals surface area contributed by atoms with E-state index in [1.807, 2.05) is 6.07 Å². The minimum atomic E-state index is -0.318. The van der Waals surface area contributed by atoms with Crippen LogP contribution in [0.25, 0.3) is 0 Å². The summed E-state index contributed by atoms with van der Waals surface area (Å²) in [6.07, 6.45) is 0. The van der Waals surface area contributed by atoms with E-state index in [1.165, 1.54) is 7.11 Å². The Labute approximate surface area is 164 Å². The number of halogens is 3. The molecule has 1 aromatic carbocycles. The Hall–Kier alpha value is -1.45. The van der Waals surface area contributed by atoms with Crippen LogP contribution in [0.15, 0.2) is 22.7 Å². The average Bonchev–Trinajstić information content (AvgIpc) is 3.04. The Balaban J connectivity index is 0.00000169. The van der Waals surface area contributed by atoms with E-state index in [4.69, 9.17) is 15.0 Å². The van der Waals surface area contributed by atoms with E-state index >= 15 is 0 Å². The van der Waals surface area contributed by atoms with Gasteiger partial charge in [0.15, 0.2) is 17.4 Å². The van der Waals surface area contributed by atoms with Crippen LogP contribution in [0.4, 0.5) is 4.39 Å². The van der Waals surface area contributed by atoms with Crippen molar-refractivity contribution in [2.24, 2.45) is 5.73 Å². The maximum atomic E-state index is 13.8. The van der Waals surface area contributed by atoms with Crippen LogP contribution < -0.4 is 10.5 Å². The van der Waals surface area contributed by atoms with Crippen molar-refractivity contribution in [1.29, 1.82) is 0 Å². The van der Waals surface area contributed by atoms with E-state index in [1.54, 1.807) is 12.1 Å². The van der Waals surface area contributed by atoms with Crippen molar-refractivity contribution in [3.63, 3.8) is 0 Å². The summed E-state index contributed by atoms with van der Waals surface area (Å²) in [5.74, 6) is 1.09. The lowest BCUT2D eigenvalue weighted by Crippen LogP contribution is -2.45. The molecule has 0 bridgehead atoms. The number of aromatic nitrogens is 2. The van der Waals surface area contributed by atoms with Gasteiger partial charge in [-0.05, 0) is 17.7 Å². The molecule has 3 rings (SSSR count). The van der Waals surface area contributed by atoms with E-state index < -0.39 is 0 Å². The molecule has 0 saturated carbocycles. The fourth-order valence-electron chi connectivity index (χ4n) is 2.81. The summed E-state index contributed by atoms with van der Waals surface area (Å²) in [6, 6.07) is 5.12. The maximum Gasteiger partial charge on any atom is 0.240 e. The fraction of sp³-hybridized carbons (Fsp3) is 0.500. The second-order valence-corrected chi connectivity index (χ2v) is 5.83. The van der Waals surface area contributed by atoms with Gasteiger partial charge < -0.3 is 15.0 Å². The Morgan fingerprint density at radius 2 is 1.81 bits per heavy atom. The third-order valence-corrected chi connectivity index (χ3v) is 4.14. The molecule has 1 aliphatic rings. The number of rotatable bonds is 6. The number of piperazine rings is 1. The van der Waals surface area contributed by atoms with Crippen LogP contribution >= 0.6 is 24.8 Å². The number of hydrogen-bond acceptors (Lipinski definition) is 7. The SMILES string of the molecule is COc1ccc(CN2CCN(Cc3noc(CN)n3)CC2)cc1F.Cl.Cl. The Kier molecular flexibility index (Phi) is 9.24. The minimum Gasteiger partial charge on any atom is -0.494 e. The van der Waals surface area contributed by atoms with Crippen LogP contribution in [0.1, 0.15) is 17.3 Å². The highest BCUT2D eigenvalue weighted by molar-refractivity contribution is 5.85. The van der Waals surface area contributed by atoms with Crippen molar-refractivity contribution in [3.8, 4) is 5.75 Å². The molecule has 26 heavy (non-hydrogen) atoms. The summed E-state index contributed by atoms with van der Waals surface area (Å²) >= 11 is 0. The van der Waals surface area contributed by atoms with Gasteiger partial charge in [-0.3, -0.25) is 9.80 Å². The van der Waals surface area contributed by atoms with E-state index in [2.05, 4.69) is 19.9 Å². The van der Waals surface area contributed by atoms with Gasteiger partial charge in [0.25, 0.3) is 0 Å². The highest BCUT2D eigenvalue weighted by atomic mass is 35.5. The summed E-state index contributed by atoms with van der Waals surface area (Å²) in [6.45, 7) is 5.29. The molecule has 0 radical (unpaired) electrons. The molecule has 7 nitrogen and oxygen atoms in total. The Morgan fingerprint density at radius 3 is 2.35 bits per heavy atom. The first-order valence-corrected chi connectivity index (χ1v) is 7.96. The molecule has 1 fully saturated rings. The second kappa shape index (κ2) is 10.6. The fourth-order valence-corrected chi connectivity index (χ4v) is 2.81. The van der Waals surface area contributed by atoms with Crippen molar-refractivity contribution in [2.45, 2.75) is 19.6 Å². The summed E-state index contributed by atoms with van der Waals surface area (Å²) < 4.78 is 23.7. The molecule has 1 aliphatic heterocycles. The van der Waals surface area contributed by atoms with Crippen molar-refractivity contribution < 1.29 is 13.7 Å². The van der Waals surface area contributed by atoms with Gasteiger partial charge in [0, 0.05) is 32.7 Å². The molecule has 1 saturated heterocycles. The first-order chi connectivity index (χ1) is 11.7. The maximum absolute atomic E-state index is 13.8. The highest BCUT2D eigenvalue weighted by Crippen LogP contribution is 2.19. The topological polar surface area (TPSA) is 80.7 Å². The summed E-state index contributed by atoms with van der Waals surface area (Å²) in [7, 11) is 1.47. The molecule has 2 N–H and O–H groups in total. The standard InChI is InChI=1S/C16H22FN5O2.2ClH/c1-23-14-3-2-12(8-13(14)17)10-21-4-6-22(7-5-21)11-15-19-16(9-18)24-20-15;;/h2-3,8H,4-7,9-11,18H2,1H3;2*1H. The van der Waals surface area contributed by atoms with E-state index in [0.29, 0.717) is 18.3 Å². The number of hydrogen-bond donors (Lipinski definition) is 1. The molecule has 1 aromatic heterocycles. The zero-order valence-electron chi connectivity index (χ0n) is 14.6. The first kappa shape index (κ1) is 22.6.